The van der Waals surface area contributed by atoms with E-state index in [4.69, 9.17) is 0 Å². The Morgan fingerprint density at radius 1 is 1.10 bits per heavy atom. The fourth-order valence-corrected chi connectivity index (χ4v) is 4.75. The standard InChI is InChI=1S/C19H38N2/c1-6-16-10-9-13-21(16)18-14-15(19(4,5)7-2)11-12-17(18)20-8-3/h15-18,20H,6-14H2,1-5H3. The number of hydrogen-bond donors (Lipinski definition) is 1. The summed E-state index contributed by atoms with van der Waals surface area (Å²) in [5.74, 6) is 0.903. The molecule has 1 saturated heterocycles. The van der Waals surface area contributed by atoms with Gasteiger partial charge in [-0.05, 0) is 62.9 Å². The molecule has 0 aromatic rings. The van der Waals surface area contributed by atoms with Crippen molar-refractivity contribution in [2.45, 2.75) is 97.7 Å². The first-order valence-corrected chi connectivity index (χ1v) is 9.52. The maximum Gasteiger partial charge on any atom is 0.0255 e. The summed E-state index contributed by atoms with van der Waals surface area (Å²) in [6.07, 6.45) is 9.68. The van der Waals surface area contributed by atoms with Crippen molar-refractivity contribution in [1.29, 1.82) is 0 Å². The topological polar surface area (TPSA) is 15.3 Å². The van der Waals surface area contributed by atoms with E-state index >= 15 is 0 Å². The van der Waals surface area contributed by atoms with Gasteiger partial charge in [0.15, 0.2) is 0 Å². The lowest BCUT2D eigenvalue weighted by Gasteiger charge is -2.47. The van der Waals surface area contributed by atoms with Crippen LogP contribution in [0.2, 0.25) is 0 Å². The lowest BCUT2D eigenvalue weighted by Crippen LogP contribution is -2.55. The Bertz CT molecular complexity index is 313. The van der Waals surface area contributed by atoms with E-state index in [1.54, 1.807) is 0 Å². The molecule has 0 amide bonds. The van der Waals surface area contributed by atoms with Crippen LogP contribution >= 0.6 is 0 Å². The largest absolute Gasteiger partial charge is 0.313 e. The number of likely N-dealkylation sites (N-methyl/N-ethyl adjacent to an activating group) is 1. The predicted molar refractivity (Wildman–Crippen MR) is 92.7 cm³/mol. The predicted octanol–water partition coefficient (Wildman–Crippen LogP) is 4.44. The van der Waals surface area contributed by atoms with Gasteiger partial charge in [0, 0.05) is 18.1 Å². The zero-order chi connectivity index (χ0) is 15.5. The summed E-state index contributed by atoms with van der Waals surface area (Å²) >= 11 is 0. The molecule has 0 aromatic carbocycles. The fourth-order valence-electron chi connectivity index (χ4n) is 4.75. The third-order valence-corrected chi connectivity index (χ3v) is 6.62. The van der Waals surface area contributed by atoms with Crippen LogP contribution in [0.5, 0.6) is 0 Å². The van der Waals surface area contributed by atoms with Crippen LogP contribution in [0, 0.1) is 11.3 Å². The van der Waals surface area contributed by atoms with Gasteiger partial charge in [-0.25, -0.2) is 0 Å². The van der Waals surface area contributed by atoms with E-state index in [1.807, 2.05) is 0 Å². The second kappa shape index (κ2) is 7.46. The molecule has 2 rings (SSSR count). The third kappa shape index (κ3) is 3.82. The molecule has 0 aromatic heterocycles. The first-order valence-electron chi connectivity index (χ1n) is 9.52. The molecule has 124 valence electrons. The fraction of sp³-hybridized carbons (Fsp3) is 1.00. The Morgan fingerprint density at radius 2 is 1.86 bits per heavy atom. The maximum atomic E-state index is 3.80. The molecule has 1 aliphatic carbocycles. The van der Waals surface area contributed by atoms with Gasteiger partial charge in [-0.2, -0.15) is 0 Å². The quantitative estimate of drug-likeness (QED) is 0.779. The van der Waals surface area contributed by atoms with Crippen LogP contribution in [0.3, 0.4) is 0 Å². The molecule has 4 unspecified atom stereocenters. The normalized spacial score (nSPS) is 35.3. The van der Waals surface area contributed by atoms with Gasteiger partial charge in [-0.15, -0.1) is 0 Å². The zero-order valence-electron chi connectivity index (χ0n) is 15.1. The summed E-state index contributed by atoms with van der Waals surface area (Å²) in [4.78, 5) is 2.88. The average Bonchev–Trinajstić information content (AvgIpc) is 2.96. The van der Waals surface area contributed by atoms with Gasteiger partial charge in [0.1, 0.15) is 0 Å². The van der Waals surface area contributed by atoms with E-state index < -0.39 is 0 Å². The van der Waals surface area contributed by atoms with Crippen LogP contribution in [-0.4, -0.2) is 36.1 Å². The second-order valence-electron chi connectivity index (χ2n) is 8.03. The van der Waals surface area contributed by atoms with Gasteiger partial charge in [-0.3, -0.25) is 4.90 Å². The monoisotopic (exact) mass is 294 g/mol. The molecule has 0 spiro atoms. The molecule has 1 N–H and O–H groups in total. The van der Waals surface area contributed by atoms with E-state index in [0.29, 0.717) is 5.41 Å². The van der Waals surface area contributed by atoms with E-state index in [0.717, 1.165) is 30.6 Å². The number of nitrogens with zero attached hydrogens (tertiary/aromatic N) is 1. The SMILES string of the molecule is CCNC1CCC(C(C)(C)CC)CC1N1CCCC1CC. The van der Waals surface area contributed by atoms with E-state index in [9.17, 15) is 0 Å². The molecule has 1 saturated carbocycles. The summed E-state index contributed by atoms with van der Waals surface area (Å²) in [5.41, 5.74) is 0.511. The molecule has 21 heavy (non-hydrogen) atoms. The minimum Gasteiger partial charge on any atom is -0.313 e. The van der Waals surface area contributed by atoms with Crippen LogP contribution in [0.25, 0.3) is 0 Å². The van der Waals surface area contributed by atoms with Gasteiger partial charge in [0.25, 0.3) is 0 Å². The van der Waals surface area contributed by atoms with Gasteiger partial charge < -0.3 is 5.32 Å². The minimum absolute atomic E-state index is 0.511. The second-order valence-corrected chi connectivity index (χ2v) is 8.03. The van der Waals surface area contributed by atoms with Crippen molar-refractivity contribution < 1.29 is 0 Å². The van der Waals surface area contributed by atoms with E-state index in [1.165, 1.54) is 51.5 Å². The number of hydrogen-bond acceptors (Lipinski definition) is 2. The van der Waals surface area contributed by atoms with Crippen molar-refractivity contribution in [3.8, 4) is 0 Å². The molecule has 2 heteroatoms. The Balaban J connectivity index is 2.11. The van der Waals surface area contributed by atoms with Crippen molar-refractivity contribution >= 4 is 0 Å². The molecule has 4 atom stereocenters. The first kappa shape index (κ1) is 17.3. The van der Waals surface area contributed by atoms with Crippen LogP contribution in [0.1, 0.15) is 79.6 Å². The zero-order valence-corrected chi connectivity index (χ0v) is 15.1. The lowest BCUT2D eigenvalue weighted by atomic mass is 9.67. The smallest absolute Gasteiger partial charge is 0.0255 e. The maximum absolute atomic E-state index is 3.80. The molecule has 0 radical (unpaired) electrons. The van der Waals surface area contributed by atoms with E-state index in [-0.39, 0.29) is 0 Å². The van der Waals surface area contributed by atoms with Crippen LogP contribution in [0.15, 0.2) is 0 Å². The van der Waals surface area contributed by atoms with Crippen molar-refractivity contribution in [3.63, 3.8) is 0 Å². The lowest BCUT2D eigenvalue weighted by molar-refractivity contribution is 0.0429. The summed E-state index contributed by atoms with van der Waals surface area (Å²) in [5, 5.41) is 3.80. The molecule has 2 fully saturated rings. The Morgan fingerprint density at radius 3 is 2.48 bits per heavy atom. The summed E-state index contributed by atoms with van der Waals surface area (Å²) < 4.78 is 0. The van der Waals surface area contributed by atoms with Gasteiger partial charge >= 0.3 is 0 Å². The Kier molecular flexibility index (Phi) is 6.14. The molecule has 1 aliphatic heterocycles. The third-order valence-electron chi connectivity index (χ3n) is 6.62. The highest BCUT2D eigenvalue weighted by Crippen LogP contribution is 2.43. The first-order chi connectivity index (χ1) is 10.0. The Labute approximate surface area is 133 Å². The van der Waals surface area contributed by atoms with Crippen molar-refractivity contribution in [2.24, 2.45) is 11.3 Å². The molecule has 0 bridgehead atoms. The van der Waals surface area contributed by atoms with Gasteiger partial charge in [0.05, 0.1) is 0 Å². The highest BCUT2D eigenvalue weighted by atomic mass is 15.2. The van der Waals surface area contributed by atoms with Gasteiger partial charge in [-0.1, -0.05) is 41.0 Å². The molecule has 2 nitrogen and oxygen atoms in total. The highest BCUT2D eigenvalue weighted by Gasteiger charge is 2.41. The summed E-state index contributed by atoms with van der Waals surface area (Å²) in [6.45, 7) is 14.4. The molecule has 1 heterocycles. The van der Waals surface area contributed by atoms with Crippen LogP contribution in [-0.2, 0) is 0 Å². The van der Waals surface area contributed by atoms with Crippen molar-refractivity contribution in [1.82, 2.24) is 10.2 Å². The van der Waals surface area contributed by atoms with Crippen LogP contribution in [0.4, 0.5) is 0 Å². The van der Waals surface area contributed by atoms with Gasteiger partial charge in [0.2, 0.25) is 0 Å². The molecular formula is C19H38N2. The molecular weight excluding hydrogens is 256 g/mol. The van der Waals surface area contributed by atoms with Crippen molar-refractivity contribution in [3.05, 3.63) is 0 Å². The van der Waals surface area contributed by atoms with Crippen LogP contribution < -0.4 is 5.32 Å². The number of rotatable bonds is 6. The van der Waals surface area contributed by atoms with E-state index in [2.05, 4.69) is 44.8 Å². The van der Waals surface area contributed by atoms with Crippen molar-refractivity contribution in [2.75, 3.05) is 13.1 Å². The number of nitrogens with one attached hydrogen (secondary N) is 1. The molecule has 2 aliphatic rings. The summed E-state index contributed by atoms with van der Waals surface area (Å²) in [6, 6.07) is 2.35. The average molecular weight is 295 g/mol. The Hall–Kier alpha value is -0.0800. The highest BCUT2D eigenvalue weighted by molar-refractivity contribution is 4.97. The number of likely N-dealkylation sites (tertiary alicyclic amines) is 1. The minimum atomic E-state index is 0.511. The summed E-state index contributed by atoms with van der Waals surface area (Å²) in [7, 11) is 0.